The van der Waals surface area contributed by atoms with Crippen LogP contribution in [0.4, 0.5) is 11.8 Å². The van der Waals surface area contributed by atoms with E-state index in [-0.39, 0.29) is 5.92 Å². The van der Waals surface area contributed by atoms with E-state index in [4.69, 9.17) is 20.6 Å². The highest BCUT2D eigenvalue weighted by molar-refractivity contribution is 5.95. The number of para-hydroxylation sites is 1. The summed E-state index contributed by atoms with van der Waals surface area (Å²) in [5.41, 5.74) is 7.60. The van der Waals surface area contributed by atoms with Gasteiger partial charge in [0.1, 0.15) is 11.3 Å². The first-order valence-corrected chi connectivity index (χ1v) is 9.37. The minimum absolute atomic E-state index is 0.218. The zero-order valence-corrected chi connectivity index (χ0v) is 15.9. The largest absolute Gasteiger partial charge is 0.494 e. The minimum atomic E-state index is 0.218. The van der Waals surface area contributed by atoms with Gasteiger partial charge in [-0.1, -0.05) is 6.07 Å². The number of hydrogen-bond acceptors (Lipinski definition) is 7. The Morgan fingerprint density at radius 3 is 2.86 bits per heavy atom. The molecular weight excluding hydrogens is 356 g/mol. The van der Waals surface area contributed by atoms with Crippen LogP contribution in [0.1, 0.15) is 24.6 Å². The van der Waals surface area contributed by atoms with Crippen molar-refractivity contribution in [1.29, 1.82) is 0 Å². The number of nitrogens with two attached hydrogens (primary N) is 1. The van der Waals surface area contributed by atoms with Gasteiger partial charge in [-0.25, -0.2) is 9.97 Å². The lowest BCUT2D eigenvalue weighted by Crippen LogP contribution is -2.35. The smallest absolute Gasteiger partial charge is 0.223 e. The number of ether oxygens (including phenoxy) is 1. The SMILES string of the molecule is COc1cccc2c1nc(N)n1nc([C@@H]3CCCN(c4ccn(C)n4)C3)nc21. The summed E-state index contributed by atoms with van der Waals surface area (Å²) in [7, 11) is 3.56. The number of methoxy groups -OCH3 is 1. The Morgan fingerprint density at radius 2 is 2.07 bits per heavy atom. The van der Waals surface area contributed by atoms with E-state index in [1.54, 1.807) is 11.6 Å². The molecular formula is C19H22N8O. The number of benzene rings is 1. The lowest BCUT2D eigenvalue weighted by atomic mass is 9.97. The number of piperidine rings is 1. The predicted octanol–water partition coefficient (Wildman–Crippen LogP) is 1.99. The standard InChI is InChI=1S/C19H22N8O/c1-25-10-8-15(23-25)26-9-4-5-12(11-26)17-22-18-13-6-3-7-14(28-2)16(13)21-19(20)27(18)24-17/h3,6-8,10,12H,4-5,9,11H2,1-2H3,(H2,20,21)/t12-/m1/s1. The molecule has 2 N–H and O–H groups in total. The fourth-order valence-electron chi connectivity index (χ4n) is 3.95. The maximum Gasteiger partial charge on any atom is 0.223 e. The quantitative estimate of drug-likeness (QED) is 0.582. The van der Waals surface area contributed by atoms with E-state index in [1.165, 1.54) is 0 Å². The fraction of sp³-hybridized carbons (Fsp3) is 0.368. The molecule has 9 heteroatoms. The number of aromatic nitrogens is 6. The van der Waals surface area contributed by atoms with E-state index in [2.05, 4.69) is 15.0 Å². The molecule has 9 nitrogen and oxygen atoms in total. The van der Waals surface area contributed by atoms with Crippen molar-refractivity contribution in [3.8, 4) is 5.75 Å². The Labute approximate surface area is 161 Å². The fourth-order valence-corrected chi connectivity index (χ4v) is 3.95. The summed E-state index contributed by atoms with van der Waals surface area (Å²) in [6, 6.07) is 7.81. The van der Waals surface area contributed by atoms with E-state index in [9.17, 15) is 0 Å². The van der Waals surface area contributed by atoms with Gasteiger partial charge in [0, 0.05) is 43.7 Å². The first-order chi connectivity index (χ1) is 13.6. The Hall–Kier alpha value is -3.36. The number of nitrogens with zero attached hydrogens (tertiary/aromatic N) is 7. The lowest BCUT2D eigenvalue weighted by Gasteiger charge is -2.31. The van der Waals surface area contributed by atoms with Crippen LogP contribution < -0.4 is 15.4 Å². The Morgan fingerprint density at radius 1 is 1.18 bits per heavy atom. The summed E-state index contributed by atoms with van der Waals surface area (Å²) < 4.78 is 8.89. The monoisotopic (exact) mass is 378 g/mol. The highest BCUT2D eigenvalue weighted by Gasteiger charge is 2.27. The van der Waals surface area contributed by atoms with Crippen LogP contribution in [0.2, 0.25) is 0 Å². The number of rotatable bonds is 3. The van der Waals surface area contributed by atoms with Crippen molar-refractivity contribution in [2.24, 2.45) is 7.05 Å². The molecule has 4 aromatic rings. The van der Waals surface area contributed by atoms with Crippen LogP contribution in [0.25, 0.3) is 16.6 Å². The average Bonchev–Trinajstić information content (AvgIpc) is 3.35. The van der Waals surface area contributed by atoms with Crippen LogP contribution in [-0.2, 0) is 7.05 Å². The van der Waals surface area contributed by atoms with Crippen molar-refractivity contribution < 1.29 is 4.74 Å². The van der Waals surface area contributed by atoms with E-state index < -0.39 is 0 Å². The normalized spacial score (nSPS) is 17.5. The summed E-state index contributed by atoms with van der Waals surface area (Å²) in [5.74, 6) is 2.99. The molecule has 28 heavy (non-hydrogen) atoms. The van der Waals surface area contributed by atoms with E-state index in [0.29, 0.717) is 22.9 Å². The van der Waals surface area contributed by atoms with Crippen LogP contribution in [0.15, 0.2) is 30.5 Å². The van der Waals surface area contributed by atoms with Crippen molar-refractivity contribution in [2.75, 3.05) is 30.8 Å². The van der Waals surface area contributed by atoms with E-state index in [1.807, 2.05) is 42.2 Å². The predicted molar refractivity (Wildman–Crippen MR) is 107 cm³/mol. The van der Waals surface area contributed by atoms with E-state index >= 15 is 0 Å². The Kier molecular flexibility index (Phi) is 3.81. The van der Waals surface area contributed by atoms with Crippen molar-refractivity contribution in [1.82, 2.24) is 29.4 Å². The Balaban J connectivity index is 1.56. The zero-order valence-electron chi connectivity index (χ0n) is 15.9. The van der Waals surface area contributed by atoms with Crippen molar-refractivity contribution in [3.05, 3.63) is 36.3 Å². The zero-order chi connectivity index (χ0) is 19.3. The van der Waals surface area contributed by atoms with Gasteiger partial charge in [0.15, 0.2) is 17.3 Å². The summed E-state index contributed by atoms with van der Waals surface area (Å²) in [5, 5.41) is 10.1. The van der Waals surface area contributed by atoms with Gasteiger partial charge in [0.05, 0.1) is 7.11 Å². The summed E-state index contributed by atoms with van der Waals surface area (Å²) in [6.45, 7) is 1.83. The highest BCUT2D eigenvalue weighted by Crippen LogP contribution is 2.31. The molecule has 4 heterocycles. The molecule has 5 rings (SSSR count). The van der Waals surface area contributed by atoms with Gasteiger partial charge in [-0.2, -0.15) is 9.61 Å². The first-order valence-electron chi connectivity index (χ1n) is 9.37. The van der Waals surface area contributed by atoms with Gasteiger partial charge < -0.3 is 15.4 Å². The molecule has 1 saturated heterocycles. The maximum absolute atomic E-state index is 6.18. The third-order valence-electron chi connectivity index (χ3n) is 5.34. The topological polar surface area (TPSA) is 99.4 Å². The summed E-state index contributed by atoms with van der Waals surface area (Å²) in [6.07, 6.45) is 4.07. The van der Waals surface area contributed by atoms with Crippen molar-refractivity contribution in [2.45, 2.75) is 18.8 Å². The first kappa shape index (κ1) is 16.8. The molecule has 3 aromatic heterocycles. The molecule has 1 atom stereocenters. The minimum Gasteiger partial charge on any atom is -0.494 e. The summed E-state index contributed by atoms with van der Waals surface area (Å²) >= 11 is 0. The van der Waals surface area contributed by atoms with Crippen LogP contribution in [0, 0.1) is 0 Å². The average molecular weight is 378 g/mol. The van der Waals surface area contributed by atoms with Crippen LogP contribution in [0.3, 0.4) is 0 Å². The molecule has 0 aliphatic carbocycles. The molecule has 0 unspecified atom stereocenters. The van der Waals surface area contributed by atoms with Gasteiger partial charge in [-0.15, -0.1) is 5.10 Å². The second-order valence-electron chi connectivity index (χ2n) is 7.16. The van der Waals surface area contributed by atoms with E-state index in [0.717, 1.165) is 43.0 Å². The molecule has 0 radical (unpaired) electrons. The van der Waals surface area contributed by atoms with Gasteiger partial charge in [-0.05, 0) is 25.0 Å². The second kappa shape index (κ2) is 6.36. The van der Waals surface area contributed by atoms with Gasteiger partial charge in [0.25, 0.3) is 0 Å². The lowest BCUT2D eigenvalue weighted by molar-refractivity contribution is 0.419. The number of aryl methyl sites for hydroxylation is 1. The number of anilines is 2. The molecule has 0 saturated carbocycles. The highest BCUT2D eigenvalue weighted by atomic mass is 16.5. The summed E-state index contributed by atoms with van der Waals surface area (Å²) in [4.78, 5) is 11.6. The van der Waals surface area contributed by atoms with Crippen molar-refractivity contribution >= 4 is 28.3 Å². The third kappa shape index (κ3) is 2.62. The van der Waals surface area contributed by atoms with Gasteiger partial charge >= 0.3 is 0 Å². The van der Waals surface area contributed by atoms with Crippen LogP contribution in [-0.4, -0.2) is 49.6 Å². The van der Waals surface area contributed by atoms with Gasteiger partial charge in [-0.3, -0.25) is 4.68 Å². The number of nitrogen functional groups attached to an aromatic ring is 1. The van der Waals surface area contributed by atoms with Crippen molar-refractivity contribution in [3.63, 3.8) is 0 Å². The molecule has 1 aromatic carbocycles. The second-order valence-corrected chi connectivity index (χ2v) is 7.16. The molecule has 1 fully saturated rings. The van der Waals surface area contributed by atoms with Crippen LogP contribution in [0.5, 0.6) is 5.75 Å². The molecule has 0 bridgehead atoms. The molecule has 144 valence electrons. The van der Waals surface area contributed by atoms with Gasteiger partial charge in [0.2, 0.25) is 5.95 Å². The molecule has 1 aliphatic rings. The maximum atomic E-state index is 6.18. The number of hydrogen-bond donors (Lipinski definition) is 1. The molecule has 0 spiro atoms. The Bertz CT molecular complexity index is 1160. The molecule has 1 aliphatic heterocycles. The van der Waals surface area contributed by atoms with Crippen LogP contribution >= 0.6 is 0 Å². The number of fused-ring (bicyclic) bond motifs is 3. The third-order valence-corrected chi connectivity index (χ3v) is 5.34. The molecule has 0 amide bonds.